The number of H-pyrrole nitrogens is 2. The van der Waals surface area contributed by atoms with Gasteiger partial charge in [-0.3, -0.25) is 9.97 Å². The Labute approximate surface area is 124 Å². The summed E-state index contributed by atoms with van der Waals surface area (Å²) in [6, 6.07) is 3.23. The van der Waals surface area contributed by atoms with E-state index in [1.807, 2.05) is 9.97 Å². The Balaban J connectivity index is 2.87. The van der Waals surface area contributed by atoms with Crippen LogP contribution in [-0.2, 0) is 0 Å². The zero-order valence-corrected chi connectivity index (χ0v) is 13.2. The third-order valence-corrected chi connectivity index (χ3v) is 5.45. The molecule has 0 bridgehead atoms. The molecule has 2 rings (SSSR count). The molecule has 0 amide bonds. The SMILES string of the molecule is O=c1[nH]c(=O)n(-c2ccc(Br)c(Br)c2Br)c(=O)[nH]1. The number of hydrogen-bond donors (Lipinski definition) is 2. The molecule has 0 aliphatic carbocycles. The highest BCUT2D eigenvalue weighted by Crippen LogP contribution is 2.34. The van der Waals surface area contributed by atoms with Gasteiger partial charge in [0.2, 0.25) is 0 Å². The second kappa shape index (κ2) is 4.98. The van der Waals surface area contributed by atoms with Gasteiger partial charge in [-0.1, -0.05) is 0 Å². The molecule has 0 saturated carbocycles. The van der Waals surface area contributed by atoms with Crippen LogP contribution >= 0.6 is 47.8 Å². The molecule has 9 heteroatoms. The average Bonchev–Trinajstić information content (AvgIpc) is 2.28. The summed E-state index contributed by atoms with van der Waals surface area (Å²) in [5.41, 5.74) is -2.14. The molecule has 0 aliphatic rings. The predicted octanol–water partition coefficient (Wildman–Crippen LogP) is 1.50. The predicted molar refractivity (Wildman–Crippen MR) is 76.4 cm³/mol. The topological polar surface area (TPSA) is 87.7 Å². The summed E-state index contributed by atoms with van der Waals surface area (Å²) in [7, 11) is 0. The third kappa shape index (κ3) is 2.29. The largest absolute Gasteiger partial charge is 0.338 e. The Morgan fingerprint density at radius 3 is 2.00 bits per heavy atom. The molecule has 0 unspecified atom stereocenters. The summed E-state index contributed by atoms with van der Waals surface area (Å²) < 4.78 is 2.74. The first kappa shape index (κ1) is 13.5. The number of nitrogens with zero attached hydrogens (tertiary/aromatic N) is 1. The molecular weight excluding hydrogens is 438 g/mol. The lowest BCUT2D eigenvalue weighted by molar-refractivity contribution is 0.781. The lowest BCUT2D eigenvalue weighted by Gasteiger charge is -2.08. The van der Waals surface area contributed by atoms with E-state index in [1.165, 1.54) is 0 Å². The second-order valence-corrected chi connectivity index (χ2v) is 5.66. The Hall–Kier alpha value is -0.930. The number of hydrogen-bond acceptors (Lipinski definition) is 3. The molecule has 1 aromatic heterocycles. The van der Waals surface area contributed by atoms with E-state index < -0.39 is 17.1 Å². The Morgan fingerprint density at radius 1 is 0.889 bits per heavy atom. The fourth-order valence-electron chi connectivity index (χ4n) is 1.34. The Kier molecular flexibility index (Phi) is 3.74. The molecule has 1 heterocycles. The lowest BCUT2D eigenvalue weighted by Crippen LogP contribution is -2.42. The van der Waals surface area contributed by atoms with Crippen molar-refractivity contribution in [1.82, 2.24) is 14.5 Å². The third-order valence-electron chi connectivity index (χ3n) is 2.10. The maximum atomic E-state index is 11.6. The molecule has 18 heavy (non-hydrogen) atoms. The summed E-state index contributed by atoms with van der Waals surface area (Å²) in [5.74, 6) is 0. The van der Waals surface area contributed by atoms with Crippen LogP contribution in [0.15, 0.2) is 39.9 Å². The van der Waals surface area contributed by atoms with Crippen LogP contribution in [0, 0.1) is 0 Å². The molecular formula is C9H4Br3N3O3. The van der Waals surface area contributed by atoms with Gasteiger partial charge >= 0.3 is 17.1 Å². The van der Waals surface area contributed by atoms with Crippen LogP contribution in [0.5, 0.6) is 0 Å². The van der Waals surface area contributed by atoms with Crippen LogP contribution in [0.2, 0.25) is 0 Å². The highest BCUT2D eigenvalue weighted by molar-refractivity contribution is 9.14. The van der Waals surface area contributed by atoms with Crippen molar-refractivity contribution in [3.05, 3.63) is 57.0 Å². The first-order valence-corrected chi connectivity index (χ1v) is 6.89. The summed E-state index contributed by atoms with van der Waals surface area (Å²) in [4.78, 5) is 38.2. The van der Waals surface area contributed by atoms with Crippen molar-refractivity contribution in [3.8, 4) is 5.69 Å². The molecule has 1 aromatic carbocycles. The van der Waals surface area contributed by atoms with Crippen LogP contribution in [0.3, 0.4) is 0 Å². The molecule has 0 spiro atoms. The molecule has 0 aliphatic heterocycles. The number of rotatable bonds is 1. The maximum absolute atomic E-state index is 11.6. The minimum Gasteiger partial charge on any atom is -0.258 e. The average molecular weight is 442 g/mol. The molecule has 0 radical (unpaired) electrons. The van der Waals surface area contributed by atoms with E-state index in [9.17, 15) is 14.4 Å². The molecule has 0 atom stereocenters. The number of nitrogens with one attached hydrogen (secondary N) is 2. The van der Waals surface area contributed by atoms with Crippen molar-refractivity contribution in [2.24, 2.45) is 0 Å². The van der Waals surface area contributed by atoms with Crippen molar-refractivity contribution in [1.29, 1.82) is 0 Å². The van der Waals surface area contributed by atoms with Crippen molar-refractivity contribution in [2.45, 2.75) is 0 Å². The number of halogens is 3. The zero-order valence-electron chi connectivity index (χ0n) is 8.46. The minimum atomic E-state index is -0.839. The van der Waals surface area contributed by atoms with Crippen LogP contribution in [0.1, 0.15) is 0 Å². The van der Waals surface area contributed by atoms with Gasteiger partial charge in [0.25, 0.3) is 0 Å². The molecule has 0 saturated heterocycles. The monoisotopic (exact) mass is 439 g/mol. The van der Waals surface area contributed by atoms with Crippen LogP contribution < -0.4 is 17.1 Å². The van der Waals surface area contributed by atoms with E-state index in [1.54, 1.807) is 12.1 Å². The first-order valence-electron chi connectivity index (χ1n) is 4.51. The smallest absolute Gasteiger partial charge is 0.258 e. The Bertz CT molecular complexity index is 756. The van der Waals surface area contributed by atoms with Crippen LogP contribution in [0.25, 0.3) is 5.69 Å². The summed E-state index contributed by atoms with van der Waals surface area (Å²) in [5, 5.41) is 0. The van der Waals surface area contributed by atoms with E-state index in [2.05, 4.69) is 47.8 Å². The van der Waals surface area contributed by atoms with Crippen molar-refractivity contribution in [2.75, 3.05) is 0 Å². The summed E-state index contributed by atoms with van der Waals surface area (Å²) in [6.45, 7) is 0. The second-order valence-electron chi connectivity index (χ2n) is 3.22. The van der Waals surface area contributed by atoms with Crippen LogP contribution in [0.4, 0.5) is 0 Å². The van der Waals surface area contributed by atoms with Crippen molar-refractivity contribution in [3.63, 3.8) is 0 Å². The normalized spacial score (nSPS) is 10.6. The van der Waals surface area contributed by atoms with Gasteiger partial charge in [-0.05, 0) is 59.9 Å². The van der Waals surface area contributed by atoms with Gasteiger partial charge < -0.3 is 0 Å². The summed E-state index contributed by atoms with van der Waals surface area (Å²) in [6.07, 6.45) is 0. The molecule has 0 fully saturated rings. The lowest BCUT2D eigenvalue weighted by atomic mass is 10.3. The Morgan fingerprint density at radius 2 is 1.44 bits per heavy atom. The highest BCUT2D eigenvalue weighted by atomic mass is 79.9. The van der Waals surface area contributed by atoms with Gasteiger partial charge in [-0.2, -0.15) is 0 Å². The number of aromatic nitrogens is 3. The fourth-order valence-corrected chi connectivity index (χ4v) is 2.79. The molecule has 2 aromatic rings. The van der Waals surface area contributed by atoms with Crippen molar-refractivity contribution >= 4 is 47.8 Å². The number of aromatic amines is 2. The number of benzene rings is 1. The van der Waals surface area contributed by atoms with E-state index in [4.69, 9.17) is 0 Å². The quantitative estimate of drug-likeness (QED) is 0.657. The minimum absolute atomic E-state index is 0.313. The van der Waals surface area contributed by atoms with Gasteiger partial charge in [0, 0.05) is 8.95 Å². The molecule has 6 nitrogen and oxygen atoms in total. The van der Waals surface area contributed by atoms with Gasteiger partial charge in [0.1, 0.15) is 0 Å². The van der Waals surface area contributed by atoms with E-state index >= 15 is 0 Å². The first-order chi connectivity index (χ1) is 8.41. The molecule has 94 valence electrons. The van der Waals surface area contributed by atoms with Gasteiger partial charge in [-0.25, -0.2) is 19.0 Å². The van der Waals surface area contributed by atoms with Crippen LogP contribution in [-0.4, -0.2) is 14.5 Å². The van der Waals surface area contributed by atoms with Gasteiger partial charge in [-0.15, -0.1) is 0 Å². The van der Waals surface area contributed by atoms with E-state index in [0.29, 0.717) is 14.6 Å². The van der Waals surface area contributed by atoms with E-state index in [-0.39, 0.29) is 0 Å². The summed E-state index contributed by atoms with van der Waals surface area (Å²) >= 11 is 9.86. The van der Waals surface area contributed by atoms with Gasteiger partial charge in [0.15, 0.2) is 0 Å². The van der Waals surface area contributed by atoms with E-state index in [0.717, 1.165) is 9.04 Å². The molecule has 2 N–H and O–H groups in total. The fraction of sp³-hybridized carbons (Fsp3) is 0. The maximum Gasteiger partial charge on any atom is 0.338 e. The van der Waals surface area contributed by atoms with Gasteiger partial charge in [0.05, 0.1) is 10.2 Å². The standard InChI is InChI=1S/C9H4Br3N3O3/c10-3-1-2-4(6(12)5(3)11)15-8(17)13-7(16)14-9(15)18/h1-2H,(H2,13,14,16,17,18). The highest BCUT2D eigenvalue weighted by Gasteiger charge is 2.13. The van der Waals surface area contributed by atoms with Crippen molar-refractivity contribution < 1.29 is 0 Å². The zero-order chi connectivity index (χ0) is 13.4.